The van der Waals surface area contributed by atoms with Crippen LogP contribution in [0, 0.1) is 0 Å². The lowest BCUT2D eigenvalue weighted by Gasteiger charge is -2.35. The average Bonchev–Trinajstić information content (AvgIpc) is 3.11. The number of allylic oxidation sites excluding steroid dienone is 1. The molecule has 0 bridgehead atoms. The maximum atomic E-state index is 11.2. The van der Waals surface area contributed by atoms with Gasteiger partial charge in [0.2, 0.25) is 5.72 Å². The van der Waals surface area contributed by atoms with Crippen LogP contribution in [0.25, 0.3) is 11.0 Å². The smallest absolute Gasteiger partial charge is 0.208 e. The Labute approximate surface area is 163 Å². The Morgan fingerprint density at radius 1 is 1.11 bits per heavy atom. The van der Waals surface area contributed by atoms with E-state index in [0.717, 1.165) is 36.7 Å². The molecule has 0 aliphatic rings. The van der Waals surface area contributed by atoms with Crippen molar-refractivity contribution < 1.29 is 9.84 Å². The van der Waals surface area contributed by atoms with E-state index in [-0.39, 0.29) is 0 Å². The fraction of sp³-hybridized carbons (Fsp3) is 0.636. The molecule has 1 aromatic carbocycles. The first-order valence-corrected chi connectivity index (χ1v) is 10.5. The number of aliphatic hydroxyl groups excluding tert-OH is 1. The molecule has 0 fully saturated rings. The molecule has 5 nitrogen and oxygen atoms in total. The Balaban J connectivity index is 2.34. The highest BCUT2D eigenvalue weighted by Gasteiger charge is 2.40. The van der Waals surface area contributed by atoms with Crippen LogP contribution in [0.15, 0.2) is 36.4 Å². The van der Waals surface area contributed by atoms with E-state index in [1.165, 1.54) is 19.3 Å². The average molecular weight is 374 g/mol. The van der Waals surface area contributed by atoms with Crippen molar-refractivity contribution in [1.82, 2.24) is 15.0 Å². The van der Waals surface area contributed by atoms with E-state index in [0.29, 0.717) is 13.0 Å². The van der Waals surface area contributed by atoms with Crippen molar-refractivity contribution in [1.29, 1.82) is 0 Å². The Morgan fingerprint density at radius 3 is 2.63 bits per heavy atom. The maximum Gasteiger partial charge on any atom is 0.208 e. The maximum absolute atomic E-state index is 11.2. The monoisotopic (exact) mass is 373 g/mol. The number of ether oxygens (including phenoxy) is 1. The first-order valence-electron chi connectivity index (χ1n) is 10.5. The molecule has 1 N–H and O–H groups in total. The summed E-state index contributed by atoms with van der Waals surface area (Å²) in [6.45, 7) is 6.79. The molecule has 1 heterocycles. The minimum absolute atomic E-state index is 0.484. The minimum atomic E-state index is -1.02. The van der Waals surface area contributed by atoms with E-state index in [9.17, 15) is 5.11 Å². The van der Waals surface area contributed by atoms with Gasteiger partial charge < -0.3 is 9.84 Å². The van der Waals surface area contributed by atoms with E-state index in [4.69, 9.17) is 4.74 Å². The van der Waals surface area contributed by atoms with Crippen molar-refractivity contribution in [2.24, 2.45) is 0 Å². The van der Waals surface area contributed by atoms with Crippen LogP contribution in [0.1, 0.15) is 72.1 Å². The molecule has 2 atom stereocenters. The lowest BCUT2D eigenvalue weighted by atomic mass is 9.98. The van der Waals surface area contributed by atoms with Gasteiger partial charge in [0.1, 0.15) is 11.6 Å². The molecule has 0 amide bonds. The Morgan fingerprint density at radius 2 is 1.89 bits per heavy atom. The third kappa shape index (κ3) is 5.39. The van der Waals surface area contributed by atoms with E-state index < -0.39 is 11.8 Å². The number of nitrogens with zero attached hydrogens (tertiary/aromatic N) is 3. The number of unbranched alkanes of at least 4 members (excludes halogenated alkanes) is 5. The zero-order valence-corrected chi connectivity index (χ0v) is 17.1. The summed E-state index contributed by atoms with van der Waals surface area (Å²) >= 11 is 0. The number of benzene rings is 1. The molecule has 2 rings (SSSR count). The van der Waals surface area contributed by atoms with Crippen LogP contribution in [0.3, 0.4) is 0 Å². The van der Waals surface area contributed by atoms with Crippen LogP contribution in [0.2, 0.25) is 0 Å². The molecule has 0 aliphatic carbocycles. The Hall–Kier alpha value is -1.72. The van der Waals surface area contributed by atoms with Gasteiger partial charge in [-0.2, -0.15) is 0 Å². The zero-order chi connectivity index (χ0) is 19.5. The summed E-state index contributed by atoms with van der Waals surface area (Å²) < 4.78 is 7.95. The van der Waals surface area contributed by atoms with Gasteiger partial charge in [-0.3, -0.25) is 0 Å². The molecule has 0 radical (unpaired) electrons. The summed E-state index contributed by atoms with van der Waals surface area (Å²) in [7, 11) is 0. The van der Waals surface area contributed by atoms with Gasteiger partial charge in [0, 0.05) is 6.61 Å². The Kier molecular flexibility index (Phi) is 8.95. The molecule has 5 heteroatoms. The van der Waals surface area contributed by atoms with Gasteiger partial charge in [-0.05, 0) is 38.0 Å². The number of fused-ring (bicyclic) bond motifs is 1. The normalized spacial score (nSPS) is 15.4. The van der Waals surface area contributed by atoms with E-state index in [1.54, 1.807) is 4.68 Å². The lowest BCUT2D eigenvalue weighted by molar-refractivity contribution is -0.149. The first-order chi connectivity index (χ1) is 13.2. The number of aromatic nitrogens is 3. The van der Waals surface area contributed by atoms with Crippen molar-refractivity contribution in [2.45, 2.75) is 84.0 Å². The SMILES string of the molecule is CCC/C=C/C(OCC)(C(O)CCCCCCC)n1nnc2ccccc21. The van der Waals surface area contributed by atoms with Gasteiger partial charge in [0.05, 0.1) is 5.52 Å². The van der Waals surface area contributed by atoms with Crippen molar-refractivity contribution >= 4 is 11.0 Å². The number of para-hydroxylation sites is 1. The minimum Gasteiger partial charge on any atom is -0.388 e. The van der Waals surface area contributed by atoms with Crippen molar-refractivity contribution in [2.75, 3.05) is 6.61 Å². The molecule has 150 valence electrons. The van der Waals surface area contributed by atoms with Crippen LogP contribution in [0.5, 0.6) is 0 Å². The third-order valence-electron chi connectivity index (χ3n) is 4.93. The largest absolute Gasteiger partial charge is 0.388 e. The van der Waals surface area contributed by atoms with E-state index in [2.05, 4.69) is 30.2 Å². The predicted molar refractivity (Wildman–Crippen MR) is 111 cm³/mol. The molecule has 27 heavy (non-hydrogen) atoms. The summed E-state index contributed by atoms with van der Waals surface area (Å²) in [6, 6.07) is 7.82. The summed E-state index contributed by atoms with van der Waals surface area (Å²) in [5.41, 5.74) is 0.655. The molecule has 0 spiro atoms. The van der Waals surface area contributed by atoms with Crippen molar-refractivity contribution in [3.05, 3.63) is 36.4 Å². The molecule has 2 aromatic rings. The molecule has 0 saturated carbocycles. The second-order valence-electron chi connectivity index (χ2n) is 7.08. The quantitative estimate of drug-likeness (QED) is 0.387. The van der Waals surface area contributed by atoms with E-state index >= 15 is 0 Å². The van der Waals surface area contributed by atoms with Crippen molar-refractivity contribution in [3.63, 3.8) is 0 Å². The molecule has 0 saturated heterocycles. The predicted octanol–water partition coefficient (Wildman–Crippen LogP) is 5.20. The van der Waals surface area contributed by atoms with Gasteiger partial charge in [0.15, 0.2) is 0 Å². The highest BCUT2D eigenvalue weighted by Crippen LogP contribution is 2.31. The summed E-state index contributed by atoms with van der Waals surface area (Å²) in [4.78, 5) is 0. The highest BCUT2D eigenvalue weighted by molar-refractivity contribution is 5.74. The van der Waals surface area contributed by atoms with Crippen LogP contribution in [-0.4, -0.2) is 32.8 Å². The topological polar surface area (TPSA) is 60.2 Å². The summed E-state index contributed by atoms with van der Waals surface area (Å²) in [5.74, 6) is 0. The standard InChI is InChI=1S/C22H35N3O2/c1-4-7-9-10-11-17-21(26)22(27-6-3,18-14-8-5-2)25-20-16-13-12-15-19(20)23-24-25/h12-16,18,21,26H,4-11,17H2,1-3H3/b18-14+. The highest BCUT2D eigenvalue weighted by atomic mass is 16.5. The van der Waals surface area contributed by atoms with Gasteiger partial charge in [0.25, 0.3) is 0 Å². The van der Waals surface area contributed by atoms with Gasteiger partial charge >= 0.3 is 0 Å². The first kappa shape index (κ1) is 21.6. The van der Waals surface area contributed by atoms with Crippen molar-refractivity contribution in [3.8, 4) is 0 Å². The molecular weight excluding hydrogens is 338 g/mol. The second-order valence-corrected chi connectivity index (χ2v) is 7.08. The Bertz CT molecular complexity index is 698. The fourth-order valence-electron chi connectivity index (χ4n) is 3.45. The number of hydrogen-bond acceptors (Lipinski definition) is 4. The third-order valence-corrected chi connectivity index (χ3v) is 4.93. The van der Waals surface area contributed by atoms with Crippen LogP contribution < -0.4 is 0 Å². The van der Waals surface area contributed by atoms with E-state index in [1.807, 2.05) is 37.3 Å². The van der Waals surface area contributed by atoms with Crippen LogP contribution in [0.4, 0.5) is 0 Å². The second kappa shape index (κ2) is 11.2. The molecule has 1 aromatic heterocycles. The van der Waals surface area contributed by atoms with Crippen LogP contribution in [-0.2, 0) is 10.5 Å². The van der Waals surface area contributed by atoms with Gasteiger partial charge in [-0.1, -0.05) is 75.8 Å². The molecule has 2 unspecified atom stereocenters. The number of aliphatic hydroxyl groups is 1. The zero-order valence-electron chi connectivity index (χ0n) is 17.1. The number of rotatable bonds is 13. The lowest BCUT2D eigenvalue weighted by Crippen LogP contribution is -2.47. The fourth-order valence-corrected chi connectivity index (χ4v) is 3.45. The van der Waals surface area contributed by atoms with Crippen LogP contribution >= 0.6 is 0 Å². The summed E-state index contributed by atoms with van der Waals surface area (Å²) in [5, 5.41) is 19.9. The number of hydrogen-bond donors (Lipinski definition) is 1. The van der Waals surface area contributed by atoms with Gasteiger partial charge in [-0.15, -0.1) is 5.10 Å². The summed E-state index contributed by atoms with van der Waals surface area (Å²) in [6.07, 6.45) is 11.8. The molecule has 0 aliphatic heterocycles. The molecular formula is C22H35N3O2. The van der Waals surface area contributed by atoms with Gasteiger partial charge in [-0.25, -0.2) is 4.68 Å².